The Balaban J connectivity index is 1.54. The molecule has 2 nitrogen and oxygen atoms in total. The van der Waals surface area contributed by atoms with Crippen LogP contribution < -0.4 is 5.32 Å². The highest BCUT2D eigenvalue weighted by molar-refractivity contribution is 5.17. The van der Waals surface area contributed by atoms with Crippen molar-refractivity contribution in [1.29, 1.82) is 0 Å². The third-order valence-electron chi connectivity index (χ3n) is 4.15. The van der Waals surface area contributed by atoms with Gasteiger partial charge in [-0.3, -0.25) is 0 Å². The minimum Gasteiger partial charge on any atom is -0.376 e. The molecule has 3 rings (SSSR count). The Morgan fingerprint density at radius 1 is 1.37 bits per heavy atom. The second kappa shape index (κ2) is 5.59. The van der Waals surface area contributed by atoms with Gasteiger partial charge in [-0.05, 0) is 56.2 Å². The molecule has 104 valence electrons. The van der Waals surface area contributed by atoms with Crippen LogP contribution in [0.2, 0.25) is 0 Å². The molecule has 1 aliphatic carbocycles. The summed E-state index contributed by atoms with van der Waals surface area (Å²) in [5.41, 5.74) is 1.06. The number of ether oxygens (including phenoxy) is 1. The van der Waals surface area contributed by atoms with Gasteiger partial charge in [-0.15, -0.1) is 0 Å². The van der Waals surface area contributed by atoms with Gasteiger partial charge in [0.25, 0.3) is 0 Å². The molecule has 0 radical (unpaired) electrons. The van der Waals surface area contributed by atoms with Gasteiger partial charge in [0.05, 0.1) is 6.10 Å². The van der Waals surface area contributed by atoms with Crippen LogP contribution >= 0.6 is 0 Å². The van der Waals surface area contributed by atoms with Crippen LogP contribution in [-0.4, -0.2) is 24.8 Å². The Hall–Kier alpha value is -0.930. The van der Waals surface area contributed by atoms with Crippen LogP contribution in [0.5, 0.6) is 0 Å². The van der Waals surface area contributed by atoms with Crippen LogP contribution in [0.1, 0.15) is 31.7 Å². The van der Waals surface area contributed by atoms with E-state index in [-0.39, 0.29) is 5.82 Å². The Labute approximate surface area is 114 Å². The Bertz CT molecular complexity index is 433. The van der Waals surface area contributed by atoms with Gasteiger partial charge in [-0.25, -0.2) is 4.39 Å². The lowest BCUT2D eigenvalue weighted by Gasteiger charge is -2.24. The maximum absolute atomic E-state index is 13.2. The fourth-order valence-electron chi connectivity index (χ4n) is 3.12. The fraction of sp³-hybridized carbons (Fsp3) is 0.625. The molecule has 3 unspecified atom stereocenters. The van der Waals surface area contributed by atoms with Gasteiger partial charge in [-0.1, -0.05) is 12.1 Å². The number of benzene rings is 1. The van der Waals surface area contributed by atoms with Crippen LogP contribution in [0, 0.1) is 11.7 Å². The fourth-order valence-corrected chi connectivity index (χ4v) is 3.12. The minimum absolute atomic E-state index is 0.148. The molecule has 1 saturated carbocycles. The number of nitrogens with one attached hydrogen (secondary N) is 1. The van der Waals surface area contributed by atoms with Crippen LogP contribution in [0.4, 0.5) is 4.39 Å². The van der Waals surface area contributed by atoms with Gasteiger partial charge in [-0.2, -0.15) is 0 Å². The molecule has 0 amide bonds. The van der Waals surface area contributed by atoms with E-state index in [1.807, 2.05) is 6.07 Å². The summed E-state index contributed by atoms with van der Waals surface area (Å²) in [5, 5.41) is 3.67. The second-order valence-corrected chi connectivity index (χ2v) is 5.97. The van der Waals surface area contributed by atoms with Gasteiger partial charge in [0.15, 0.2) is 0 Å². The maximum Gasteiger partial charge on any atom is 0.123 e. The Morgan fingerprint density at radius 3 is 2.95 bits per heavy atom. The summed E-state index contributed by atoms with van der Waals surface area (Å²) in [6, 6.07) is 7.73. The first-order valence-electron chi connectivity index (χ1n) is 7.34. The van der Waals surface area contributed by atoms with Crippen molar-refractivity contribution in [3.8, 4) is 0 Å². The highest BCUT2D eigenvalue weighted by Gasteiger charge is 2.40. The third kappa shape index (κ3) is 3.34. The van der Waals surface area contributed by atoms with Crippen LogP contribution in [0.3, 0.4) is 0 Å². The van der Waals surface area contributed by atoms with Gasteiger partial charge in [0, 0.05) is 18.7 Å². The van der Waals surface area contributed by atoms with Crippen molar-refractivity contribution in [3.05, 3.63) is 35.6 Å². The lowest BCUT2D eigenvalue weighted by Crippen LogP contribution is -2.43. The van der Waals surface area contributed by atoms with E-state index in [9.17, 15) is 4.39 Å². The standard InChI is InChI=1S/C16H22FNO/c1-11(9-12-3-2-4-14(17)10-12)18-15-7-8-19-16(15)13-5-6-13/h2-4,10-11,13,15-16,18H,5-9H2,1H3. The van der Waals surface area contributed by atoms with E-state index in [0.29, 0.717) is 18.2 Å². The first-order chi connectivity index (χ1) is 9.22. The quantitative estimate of drug-likeness (QED) is 0.882. The van der Waals surface area contributed by atoms with E-state index >= 15 is 0 Å². The molecule has 2 aliphatic rings. The molecule has 1 N–H and O–H groups in total. The largest absolute Gasteiger partial charge is 0.376 e. The van der Waals surface area contributed by atoms with Crippen molar-refractivity contribution >= 4 is 0 Å². The van der Waals surface area contributed by atoms with Crippen molar-refractivity contribution in [2.45, 2.75) is 50.8 Å². The summed E-state index contributed by atoms with van der Waals surface area (Å²) in [5.74, 6) is 0.631. The van der Waals surface area contributed by atoms with Crippen molar-refractivity contribution in [2.75, 3.05) is 6.61 Å². The van der Waals surface area contributed by atoms with E-state index in [1.54, 1.807) is 12.1 Å². The molecule has 3 heteroatoms. The predicted molar refractivity (Wildman–Crippen MR) is 73.6 cm³/mol. The van der Waals surface area contributed by atoms with E-state index in [0.717, 1.165) is 30.9 Å². The monoisotopic (exact) mass is 263 g/mol. The summed E-state index contributed by atoms with van der Waals surface area (Å²) in [6.07, 6.45) is 5.03. The van der Waals surface area contributed by atoms with Gasteiger partial charge in [0.2, 0.25) is 0 Å². The number of hydrogen-bond acceptors (Lipinski definition) is 2. The van der Waals surface area contributed by atoms with E-state index in [2.05, 4.69) is 12.2 Å². The Kier molecular flexibility index (Phi) is 3.85. The molecular weight excluding hydrogens is 241 g/mol. The summed E-state index contributed by atoms with van der Waals surface area (Å²) in [4.78, 5) is 0. The number of hydrogen-bond donors (Lipinski definition) is 1. The average Bonchev–Trinajstić information content (AvgIpc) is 3.10. The number of rotatable bonds is 5. The van der Waals surface area contributed by atoms with E-state index in [4.69, 9.17) is 4.74 Å². The molecule has 1 aromatic rings. The van der Waals surface area contributed by atoms with Crippen LogP contribution in [0.25, 0.3) is 0 Å². The van der Waals surface area contributed by atoms with Gasteiger partial charge < -0.3 is 10.1 Å². The molecule has 1 aromatic carbocycles. The van der Waals surface area contributed by atoms with Gasteiger partial charge in [0.1, 0.15) is 5.82 Å². The molecule has 1 saturated heterocycles. The number of halogens is 1. The highest BCUT2D eigenvalue weighted by atomic mass is 19.1. The lowest BCUT2D eigenvalue weighted by atomic mass is 10.0. The third-order valence-corrected chi connectivity index (χ3v) is 4.15. The van der Waals surface area contributed by atoms with Crippen molar-refractivity contribution in [3.63, 3.8) is 0 Å². The predicted octanol–water partition coefficient (Wildman–Crippen LogP) is 2.91. The van der Waals surface area contributed by atoms with Crippen molar-refractivity contribution in [2.24, 2.45) is 5.92 Å². The van der Waals surface area contributed by atoms with Gasteiger partial charge >= 0.3 is 0 Å². The molecule has 3 atom stereocenters. The van der Waals surface area contributed by atoms with E-state index < -0.39 is 0 Å². The summed E-state index contributed by atoms with van der Waals surface area (Å²) in [7, 11) is 0. The first-order valence-corrected chi connectivity index (χ1v) is 7.34. The van der Waals surface area contributed by atoms with Crippen LogP contribution in [0.15, 0.2) is 24.3 Å². The Morgan fingerprint density at radius 2 is 2.21 bits per heavy atom. The van der Waals surface area contributed by atoms with Crippen molar-refractivity contribution < 1.29 is 9.13 Å². The second-order valence-electron chi connectivity index (χ2n) is 5.97. The SMILES string of the molecule is CC(Cc1cccc(F)c1)NC1CCOC1C1CC1. The first kappa shape index (κ1) is 13.1. The normalized spacial score (nSPS) is 28.5. The zero-order valence-electron chi connectivity index (χ0n) is 11.4. The lowest BCUT2D eigenvalue weighted by molar-refractivity contribution is 0.0793. The molecule has 19 heavy (non-hydrogen) atoms. The summed E-state index contributed by atoms with van der Waals surface area (Å²) >= 11 is 0. The molecule has 0 aromatic heterocycles. The highest BCUT2D eigenvalue weighted by Crippen LogP contribution is 2.38. The van der Waals surface area contributed by atoms with E-state index in [1.165, 1.54) is 18.9 Å². The zero-order chi connectivity index (χ0) is 13.2. The molecule has 1 heterocycles. The molecule has 1 aliphatic heterocycles. The topological polar surface area (TPSA) is 21.3 Å². The zero-order valence-corrected chi connectivity index (χ0v) is 11.4. The summed E-state index contributed by atoms with van der Waals surface area (Å²) < 4.78 is 19.0. The smallest absolute Gasteiger partial charge is 0.123 e. The summed E-state index contributed by atoms with van der Waals surface area (Å²) in [6.45, 7) is 3.05. The average molecular weight is 263 g/mol. The molecule has 0 spiro atoms. The van der Waals surface area contributed by atoms with Crippen LogP contribution in [-0.2, 0) is 11.2 Å². The molecule has 2 fully saturated rings. The molecular formula is C16H22FNO. The minimum atomic E-state index is -0.148. The maximum atomic E-state index is 13.2. The molecule has 0 bridgehead atoms. The van der Waals surface area contributed by atoms with Crippen molar-refractivity contribution in [1.82, 2.24) is 5.32 Å².